The summed E-state index contributed by atoms with van der Waals surface area (Å²) in [7, 11) is 0. The zero-order valence-corrected chi connectivity index (χ0v) is 14.0. The van der Waals surface area contributed by atoms with Gasteiger partial charge < -0.3 is 15.8 Å². The lowest BCUT2D eigenvalue weighted by Gasteiger charge is -2.37. The van der Waals surface area contributed by atoms with Crippen molar-refractivity contribution in [2.45, 2.75) is 30.2 Å². The molecular formula is C16H21ClN2O2S. The molecular weight excluding hydrogens is 320 g/mol. The molecule has 120 valence electrons. The van der Waals surface area contributed by atoms with Crippen LogP contribution in [0, 0.1) is 5.41 Å². The summed E-state index contributed by atoms with van der Waals surface area (Å²) in [6.07, 6.45) is 2.30. The average Bonchev–Trinajstić information content (AvgIpc) is 2.56. The summed E-state index contributed by atoms with van der Waals surface area (Å²) in [5.74, 6) is 1.05. The fraction of sp³-hybridized carbons (Fsp3) is 0.562. The second-order valence-corrected chi connectivity index (χ2v) is 7.52. The van der Waals surface area contributed by atoms with Crippen molar-refractivity contribution in [3.8, 4) is 0 Å². The Balaban J connectivity index is 1.79. The quantitative estimate of drug-likeness (QED) is 0.888. The van der Waals surface area contributed by atoms with Gasteiger partial charge in [0.05, 0.1) is 11.5 Å². The lowest BCUT2D eigenvalue weighted by Crippen LogP contribution is -2.50. The molecule has 1 amide bonds. The van der Waals surface area contributed by atoms with Crippen LogP contribution in [0.25, 0.3) is 0 Å². The first kappa shape index (κ1) is 16.1. The monoisotopic (exact) mass is 340 g/mol. The first-order valence-corrected chi connectivity index (χ1v) is 9.02. The number of benzene rings is 1. The highest BCUT2D eigenvalue weighted by Gasteiger charge is 2.40. The first-order valence-electron chi connectivity index (χ1n) is 7.66. The molecule has 4 nitrogen and oxygen atoms in total. The number of fused-ring (bicyclic) bond motifs is 1. The molecule has 1 saturated heterocycles. The third-order valence-corrected chi connectivity index (χ3v) is 6.00. The molecule has 6 heteroatoms. The maximum Gasteiger partial charge on any atom is 0.228 e. The summed E-state index contributed by atoms with van der Waals surface area (Å²) < 4.78 is 5.38. The van der Waals surface area contributed by atoms with E-state index in [4.69, 9.17) is 22.1 Å². The van der Waals surface area contributed by atoms with E-state index >= 15 is 0 Å². The van der Waals surface area contributed by atoms with Crippen LogP contribution in [-0.2, 0) is 9.53 Å². The van der Waals surface area contributed by atoms with Gasteiger partial charge in [-0.2, -0.15) is 0 Å². The summed E-state index contributed by atoms with van der Waals surface area (Å²) in [4.78, 5) is 14.0. The summed E-state index contributed by atoms with van der Waals surface area (Å²) in [6, 6.07) is 5.92. The van der Waals surface area contributed by atoms with E-state index < -0.39 is 5.41 Å². The van der Waals surface area contributed by atoms with Crippen LogP contribution in [0.15, 0.2) is 23.1 Å². The summed E-state index contributed by atoms with van der Waals surface area (Å²) in [6.45, 7) is 1.58. The van der Waals surface area contributed by atoms with Crippen LogP contribution in [0.4, 0.5) is 0 Å². The van der Waals surface area contributed by atoms with Crippen molar-refractivity contribution >= 4 is 29.3 Å². The van der Waals surface area contributed by atoms with E-state index in [9.17, 15) is 4.79 Å². The molecule has 0 aromatic heterocycles. The second kappa shape index (κ2) is 6.79. The van der Waals surface area contributed by atoms with Crippen LogP contribution in [-0.4, -0.2) is 31.4 Å². The molecule has 1 atom stereocenters. The minimum absolute atomic E-state index is 0.0220. The Morgan fingerprint density at radius 2 is 2.23 bits per heavy atom. The van der Waals surface area contributed by atoms with Gasteiger partial charge in [-0.25, -0.2) is 0 Å². The van der Waals surface area contributed by atoms with Crippen molar-refractivity contribution in [2.75, 3.05) is 25.5 Å². The molecule has 0 radical (unpaired) electrons. The number of hydrogen-bond acceptors (Lipinski definition) is 4. The fourth-order valence-electron chi connectivity index (χ4n) is 3.11. The topological polar surface area (TPSA) is 64.4 Å². The first-order chi connectivity index (χ1) is 10.6. The van der Waals surface area contributed by atoms with Gasteiger partial charge in [-0.1, -0.05) is 11.6 Å². The summed E-state index contributed by atoms with van der Waals surface area (Å²) in [5.41, 5.74) is 6.56. The number of nitrogens with two attached hydrogens (primary N) is 1. The van der Waals surface area contributed by atoms with E-state index in [2.05, 4.69) is 5.32 Å². The molecule has 0 bridgehead atoms. The fourth-order valence-corrected chi connectivity index (χ4v) is 4.40. The van der Waals surface area contributed by atoms with Gasteiger partial charge in [0.1, 0.15) is 0 Å². The molecule has 1 aromatic carbocycles. The third-order valence-electron chi connectivity index (χ3n) is 4.64. The molecule has 2 heterocycles. The van der Waals surface area contributed by atoms with Crippen molar-refractivity contribution in [3.63, 3.8) is 0 Å². The van der Waals surface area contributed by atoms with E-state index in [1.165, 1.54) is 4.90 Å². The molecule has 0 aliphatic carbocycles. The molecule has 1 fully saturated rings. The molecule has 0 saturated carbocycles. The Kier molecular flexibility index (Phi) is 4.97. The molecule has 22 heavy (non-hydrogen) atoms. The standard InChI is InChI=1S/C16H21ClN2O2S/c17-11-1-2-14-12(9-11)13(3-8-22-14)19-15(20)16(10-18)4-6-21-7-5-16/h1-2,9,13H,3-8,10,18H2,(H,19,20). The minimum Gasteiger partial charge on any atom is -0.381 e. The smallest absolute Gasteiger partial charge is 0.228 e. The number of thioether (sulfide) groups is 1. The zero-order valence-electron chi connectivity index (χ0n) is 12.4. The van der Waals surface area contributed by atoms with Crippen molar-refractivity contribution in [1.82, 2.24) is 5.32 Å². The predicted octanol–water partition coefficient (Wildman–Crippen LogP) is 2.75. The van der Waals surface area contributed by atoms with E-state index in [1.54, 1.807) is 0 Å². The van der Waals surface area contributed by atoms with Crippen molar-refractivity contribution in [1.29, 1.82) is 0 Å². The molecule has 2 aliphatic heterocycles. The van der Waals surface area contributed by atoms with Crippen molar-refractivity contribution < 1.29 is 9.53 Å². The van der Waals surface area contributed by atoms with Crippen LogP contribution < -0.4 is 11.1 Å². The number of nitrogens with one attached hydrogen (secondary N) is 1. The van der Waals surface area contributed by atoms with Crippen LogP contribution in [0.2, 0.25) is 5.02 Å². The number of halogens is 1. The van der Waals surface area contributed by atoms with Crippen LogP contribution in [0.1, 0.15) is 30.9 Å². The van der Waals surface area contributed by atoms with Gasteiger partial charge in [0.2, 0.25) is 5.91 Å². The normalized spacial score (nSPS) is 23.6. The summed E-state index contributed by atoms with van der Waals surface area (Å²) >= 11 is 7.94. The lowest BCUT2D eigenvalue weighted by atomic mass is 9.79. The Hall–Kier alpha value is -0.750. The van der Waals surface area contributed by atoms with Crippen molar-refractivity contribution in [2.24, 2.45) is 11.1 Å². The number of ether oxygens (including phenoxy) is 1. The van der Waals surface area contributed by atoms with Gasteiger partial charge in [0, 0.05) is 35.4 Å². The van der Waals surface area contributed by atoms with Crippen molar-refractivity contribution in [3.05, 3.63) is 28.8 Å². The molecule has 1 unspecified atom stereocenters. The second-order valence-electron chi connectivity index (χ2n) is 5.94. The maximum atomic E-state index is 12.8. The number of carbonyl (C=O) groups is 1. The molecule has 2 aliphatic rings. The zero-order chi connectivity index (χ0) is 15.6. The number of rotatable bonds is 3. The van der Waals surface area contributed by atoms with Gasteiger partial charge in [-0.05, 0) is 43.0 Å². The predicted molar refractivity (Wildman–Crippen MR) is 89.2 cm³/mol. The van der Waals surface area contributed by atoms with Gasteiger partial charge in [-0.15, -0.1) is 11.8 Å². The largest absolute Gasteiger partial charge is 0.381 e. The van der Waals surface area contributed by atoms with Gasteiger partial charge in [-0.3, -0.25) is 4.79 Å². The van der Waals surface area contributed by atoms with E-state index in [1.807, 2.05) is 30.0 Å². The molecule has 3 rings (SSSR count). The highest BCUT2D eigenvalue weighted by atomic mass is 35.5. The van der Waals surface area contributed by atoms with Gasteiger partial charge in [0.15, 0.2) is 0 Å². The molecule has 3 N–H and O–H groups in total. The van der Waals surface area contributed by atoms with Gasteiger partial charge in [0.25, 0.3) is 0 Å². The van der Waals surface area contributed by atoms with Crippen LogP contribution >= 0.6 is 23.4 Å². The Morgan fingerprint density at radius 1 is 1.45 bits per heavy atom. The highest BCUT2D eigenvalue weighted by molar-refractivity contribution is 7.99. The number of hydrogen-bond donors (Lipinski definition) is 2. The maximum absolute atomic E-state index is 12.8. The molecule has 0 spiro atoms. The lowest BCUT2D eigenvalue weighted by molar-refractivity contribution is -0.136. The van der Waals surface area contributed by atoms with E-state index in [0.717, 1.165) is 17.7 Å². The average molecular weight is 341 g/mol. The minimum atomic E-state index is -0.485. The SMILES string of the molecule is NCC1(C(=O)NC2CCSc3ccc(Cl)cc32)CCOCC1. The van der Waals surface area contributed by atoms with Crippen LogP contribution in [0.5, 0.6) is 0 Å². The molecule has 1 aromatic rings. The summed E-state index contributed by atoms with van der Waals surface area (Å²) in [5, 5.41) is 3.93. The third kappa shape index (κ3) is 3.13. The van der Waals surface area contributed by atoms with Gasteiger partial charge >= 0.3 is 0 Å². The number of carbonyl (C=O) groups excluding carboxylic acids is 1. The Labute approximate surface area is 140 Å². The number of amides is 1. The Bertz CT molecular complexity index is 561. The highest BCUT2D eigenvalue weighted by Crippen LogP contribution is 2.39. The van der Waals surface area contributed by atoms with E-state index in [-0.39, 0.29) is 11.9 Å². The Morgan fingerprint density at radius 3 is 2.95 bits per heavy atom. The van der Waals surface area contributed by atoms with E-state index in [0.29, 0.717) is 37.6 Å². The van der Waals surface area contributed by atoms with Crippen LogP contribution in [0.3, 0.4) is 0 Å².